The number of ether oxygens (including phenoxy) is 1. The molecule has 9 heteroatoms. The molecule has 1 saturated heterocycles. The summed E-state index contributed by atoms with van der Waals surface area (Å²) in [6.07, 6.45) is -0.729. The van der Waals surface area contributed by atoms with Crippen LogP contribution in [0.1, 0.15) is 6.23 Å². The van der Waals surface area contributed by atoms with E-state index in [0.29, 0.717) is 11.6 Å². The first-order valence-electron chi connectivity index (χ1n) is 5.87. The van der Waals surface area contributed by atoms with E-state index in [1.807, 2.05) is 0 Å². The van der Waals surface area contributed by atoms with Crippen LogP contribution in [0.2, 0.25) is 0 Å². The molecule has 100 valence electrons. The van der Waals surface area contributed by atoms with E-state index in [9.17, 15) is 9.90 Å². The average molecular weight is 265 g/mol. The molecule has 4 atom stereocenters. The monoisotopic (exact) mass is 265 g/mol. The van der Waals surface area contributed by atoms with E-state index in [2.05, 4.69) is 20.3 Å². The fraction of sp³-hybridized carbons (Fsp3) is 0.500. The topological polar surface area (TPSA) is 125 Å². The van der Waals surface area contributed by atoms with Crippen LogP contribution < -0.4 is 10.9 Å². The van der Waals surface area contributed by atoms with Crippen molar-refractivity contribution >= 4 is 17.1 Å². The number of aromatic nitrogens is 4. The van der Waals surface area contributed by atoms with Crippen LogP contribution in [-0.2, 0) is 4.74 Å². The predicted octanol–water partition coefficient (Wildman–Crippen LogP) is -1.84. The minimum absolute atomic E-state index is 0.217. The van der Waals surface area contributed by atoms with E-state index in [-0.39, 0.29) is 17.7 Å². The van der Waals surface area contributed by atoms with E-state index >= 15 is 0 Å². The highest BCUT2D eigenvalue weighted by Crippen LogP contribution is 2.40. The zero-order valence-corrected chi connectivity index (χ0v) is 9.65. The predicted molar refractivity (Wildman–Crippen MR) is 62.6 cm³/mol. The molecule has 4 heterocycles. The van der Waals surface area contributed by atoms with Crippen LogP contribution in [0, 0.1) is 0 Å². The van der Waals surface area contributed by atoms with Gasteiger partial charge in [0.2, 0.25) is 5.95 Å². The molecule has 0 aliphatic carbocycles. The summed E-state index contributed by atoms with van der Waals surface area (Å²) in [4.78, 5) is 22.3. The van der Waals surface area contributed by atoms with Gasteiger partial charge in [0.15, 0.2) is 17.4 Å². The van der Waals surface area contributed by atoms with Gasteiger partial charge in [-0.05, 0) is 0 Å². The Balaban J connectivity index is 1.89. The third-order valence-electron chi connectivity index (χ3n) is 3.58. The number of aliphatic hydroxyl groups is 2. The lowest BCUT2D eigenvalue weighted by Crippen LogP contribution is -2.36. The van der Waals surface area contributed by atoms with Crippen LogP contribution in [0.4, 0.5) is 5.95 Å². The molecule has 0 aromatic carbocycles. The zero-order chi connectivity index (χ0) is 13.1. The fourth-order valence-electron chi connectivity index (χ4n) is 2.69. The van der Waals surface area contributed by atoms with Crippen LogP contribution in [0.25, 0.3) is 11.2 Å². The van der Waals surface area contributed by atoms with Crippen LogP contribution in [0.5, 0.6) is 0 Å². The van der Waals surface area contributed by atoms with Gasteiger partial charge in [0.05, 0.1) is 12.9 Å². The van der Waals surface area contributed by atoms with E-state index in [0.717, 1.165) is 0 Å². The molecule has 4 rings (SSSR count). The summed E-state index contributed by atoms with van der Waals surface area (Å²) in [5.41, 5.74) is 0.279. The minimum atomic E-state index is -0.839. The molecule has 1 fully saturated rings. The molecule has 0 amide bonds. The van der Waals surface area contributed by atoms with Crippen molar-refractivity contribution in [3.63, 3.8) is 0 Å². The average Bonchev–Trinajstić information content (AvgIpc) is 3.00. The van der Waals surface area contributed by atoms with Crippen molar-refractivity contribution in [2.45, 2.75) is 24.5 Å². The first kappa shape index (κ1) is 10.9. The third kappa shape index (κ3) is 1.26. The Kier molecular flexibility index (Phi) is 2.03. The Morgan fingerprint density at radius 1 is 1.53 bits per heavy atom. The van der Waals surface area contributed by atoms with Gasteiger partial charge < -0.3 is 25.3 Å². The Bertz CT molecular complexity index is 709. The number of nitrogens with one attached hydrogen (secondary N) is 2. The minimum Gasteiger partial charge on any atom is -0.394 e. The number of imidazole rings is 1. The Morgan fingerprint density at radius 2 is 2.37 bits per heavy atom. The highest BCUT2D eigenvalue weighted by atomic mass is 16.5. The van der Waals surface area contributed by atoms with Crippen LogP contribution >= 0.6 is 0 Å². The summed E-state index contributed by atoms with van der Waals surface area (Å²) < 4.78 is 7.22. The first-order valence-corrected chi connectivity index (χ1v) is 5.87. The quantitative estimate of drug-likeness (QED) is 0.477. The summed E-state index contributed by atoms with van der Waals surface area (Å²) in [7, 11) is 0. The fourth-order valence-corrected chi connectivity index (χ4v) is 2.69. The van der Waals surface area contributed by atoms with E-state index < -0.39 is 24.5 Å². The summed E-state index contributed by atoms with van der Waals surface area (Å²) in [5.74, 6) is 0.435. The van der Waals surface area contributed by atoms with Crippen molar-refractivity contribution < 1.29 is 14.9 Å². The second-order valence-corrected chi connectivity index (χ2v) is 4.62. The van der Waals surface area contributed by atoms with Gasteiger partial charge in [0.1, 0.15) is 18.2 Å². The Labute approximate surface area is 105 Å². The molecule has 9 nitrogen and oxygen atoms in total. The number of H-pyrrole nitrogens is 1. The van der Waals surface area contributed by atoms with Crippen molar-refractivity contribution in [2.75, 3.05) is 11.9 Å². The molecule has 0 bridgehead atoms. The highest BCUT2D eigenvalue weighted by Gasteiger charge is 2.50. The van der Waals surface area contributed by atoms with Crippen LogP contribution in [0.3, 0.4) is 0 Å². The van der Waals surface area contributed by atoms with Gasteiger partial charge in [0, 0.05) is 0 Å². The number of anilines is 1. The maximum Gasteiger partial charge on any atom is 0.278 e. The van der Waals surface area contributed by atoms with Crippen LogP contribution in [0.15, 0.2) is 11.1 Å². The van der Waals surface area contributed by atoms with Crippen molar-refractivity contribution in [2.24, 2.45) is 0 Å². The number of rotatable bonds is 1. The number of nitrogens with zero attached hydrogens (tertiary/aromatic N) is 3. The summed E-state index contributed by atoms with van der Waals surface area (Å²) in [5, 5.41) is 22.1. The molecule has 2 aromatic heterocycles. The number of aromatic amines is 1. The van der Waals surface area contributed by atoms with Gasteiger partial charge in [-0.1, -0.05) is 0 Å². The number of hydrogen-bond donors (Lipinski definition) is 4. The highest BCUT2D eigenvalue weighted by molar-refractivity contribution is 5.74. The molecular formula is C10H11N5O4. The molecule has 0 spiro atoms. The van der Waals surface area contributed by atoms with Crippen molar-refractivity contribution in [1.82, 2.24) is 19.5 Å². The summed E-state index contributed by atoms with van der Waals surface area (Å²) >= 11 is 0. The van der Waals surface area contributed by atoms with Crippen molar-refractivity contribution in [3.8, 4) is 0 Å². The second kappa shape index (κ2) is 3.53. The number of fused-ring (bicyclic) bond motifs is 5. The van der Waals surface area contributed by atoms with Gasteiger partial charge in [-0.25, -0.2) is 9.97 Å². The maximum atomic E-state index is 11.6. The van der Waals surface area contributed by atoms with Gasteiger partial charge >= 0.3 is 0 Å². The lowest BCUT2D eigenvalue weighted by molar-refractivity contribution is -0.0416. The largest absolute Gasteiger partial charge is 0.394 e. The second-order valence-electron chi connectivity index (χ2n) is 4.62. The maximum absolute atomic E-state index is 11.6. The standard InChI is InChI=1S/C10H11N5O4/c16-1-3-6(17)4-9(19-3)15-7-5(14-10(15)13-4)8(18)12-2-11-7/h2-4,6,9,16-17H,1H2,(H,13,14)(H,11,12,18)/t3-,4+,6-,9-/m1/s1. The Hall–Kier alpha value is -1.97. The molecule has 0 saturated carbocycles. The number of aliphatic hydroxyl groups excluding tert-OH is 2. The van der Waals surface area contributed by atoms with Crippen LogP contribution in [-0.4, -0.2) is 54.6 Å². The molecule has 0 unspecified atom stereocenters. The number of hydrogen-bond acceptors (Lipinski definition) is 7. The molecule has 0 radical (unpaired) electrons. The van der Waals surface area contributed by atoms with E-state index in [1.54, 1.807) is 4.57 Å². The summed E-state index contributed by atoms with van der Waals surface area (Å²) in [6, 6.07) is -0.398. The zero-order valence-electron chi connectivity index (χ0n) is 9.65. The molecule has 2 aliphatic rings. The first-order chi connectivity index (χ1) is 9.20. The molecule has 2 aliphatic heterocycles. The third-order valence-corrected chi connectivity index (χ3v) is 3.58. The van der Waals surface area contributed by atoms with E-state index in [4.69, 9.17) is 9.84 Å². The SMILES string of the molecule is O=c1[nH]cnc2c1nc1n2[C@@H]2O[C@H](CO)[C@@H](O)[C@@H]2N1. The normalized spacial score (nSPS) is 32.3. The molecule has 4 N–H and O–H groups in total. The molecule has 19 heavy (non-hydrogen) atoms. The van der Waals surface area contributed by atoms with Crippen molar-refractivity contribution in [3.05, 3.63) is 16.7 Å². The molecular weight excluding hydrogens is 254 g/mol. The van der Waals surface area contributed by atoms with Gasteiger partial charge in [0.25, 0.3) is 5.56 Å². The van der Waals surface area contributed by atoms with Gasteiger partial charge in [-0.15, -0.1) is 0 Å². The van der Waals surface area contributed by atoms with E-state index in [1.165, 1.54) is 6.33 Å². The smallest absolute Gasteiger partial charge is 0.278 e. The van der Waals surface area contributed by atoms with Crippen molar-refractivity contribution in [1.29, 1.82) is 0 Å². The Morgan fingerprint density at radius 3 is 3.16 bits per heavy atom. The molecule has 2 aromatic rings. The lowest BCUT2D eigenvalue weighted by atomic mass is 10.1. The summed E-state index contributed by atoms with van der Waals surface area (Å²) in [6.45, 7) is -0.272. The van der Waals surface area contributed by atoms with Gasteiger partial charge in [-0.2, -0.15) is 0 Å². The van der Waals surface area contributed by atoms with Gasteiger partial charge in [-0.3, -0.25) is 9.36 Å². The lowest BCUT2D eigenvalue weighted by Gasteiger charge is -2.13.